The molecule has 0 amide bonds. The van der Waals surface area contributed by atoms with Crippen LogP contribution in [-0.4, -0.2) is 50.4 Å². The first-order chi connectivity index (χ1) is 8.81. The largest absolute Gasteiger partial charge is 0.504 e. The van der Waals surface area contributed by atoms with Crippen molar-refractivity contribution in [2.24, 2.45) is 0 Å². The molecule has 19 heavy (non-hydrogen) atoms. The summed E-state index contributed by atoms with van der Waals surface area (Å²) in [7, 11) is 0. The molecule has 0 fully saturated rings. The van der Waals surface area contributed by atoms with Crippen LogP contribution in [0, 0.1) is 6.92 Å². The van der Waals surface area contributed by atoms with E-state index in [0.29, 0.717) is 5.56 Å². The number of nitrogens with zero attached hydrogens (tertiary/aromatic N) is 1. The van der Waals surface area contributed by atoms with Gasteiger partial charge in [-0.25, -0.2) is 0 Å². The summed E-state index contributed by atoms with van der Waals surface area (Å²) < 4.78 is 0. The quantitative estimate of drug-likeness (QED) is 0.551. The summed E-state index contributed by atoms with van der Waals surface area (Å²) in [5.74, 6) is -2.99. The number of rotatable bonds is 6. The Bertz CT molecular complexity index is 483. The molecule has 0 atom stereocenters. The van der Waals surface area contributed by atoms with Crippen LogP contribution in [0.2, 0.25) is 0 Å². The van der Waals surface area contributed by atoms with Crippen LogP contribution < -0.4 is 0 Å². The lowest BCUT2D eigenvalue weighted by Crippen LogP contribution is -2.34. The van der Waals surface area contributed by atoms with Gasteiger partial charge in [0, 0.05) is 12.1 Å². The standard InChI is InChI=1S/C12H15NO6/c1-7-2-3-8(12(19)11(7)18)4-13(5-9(14)15)6-10(16)17/h2-3,18-19H,4-6H2,1H3,(H,14,15)(H,16,17). The maximum Gasteiger partial charge on any atom is 0.317 e. The lowest BCUT2D eigenvalue weighted by Gasteiger charge is -2.19. The van der Waals surface area contributed by atoms with Gasteiger partial charge in [0.05, 0.1) is 13.1 Å². The van der Waals surface area contributed by atoms with Crippen LogP contribution in [-0.2, 0) is 16.1 Å². The molecule has 7 heteroatoms. The molecule has 1 aromatic carbocycles. The summed E-state index contributed by atoms with van der Waals surface area (Å²) in [4.78, 5) is 22.4. The van der Waals surface area contributed by atoms with Crippen LogP contribution in [0.1, 0.15) is 11.1 Å². The lowest BCUT2D eigenvalue weighted by atomic mass is 10.1. The number of aliphatic carboxylic acids is 2. The number of aromatic hydroxyl groups is 2. The van der Waals surface area contributed by atoms with E-state index in [4.69, 9.17) is 10.2 Å². The number of carboxylic acids is 2. The van der Waals surface area contributed by atoms with Crippen molar-refractivity contribution >= 4 is 11.9 Å². The van der Waals surface area contributed by atoms with Crippen molar-refractivity contribution in [3.05, 3.63) is 23.3 Å². The molecule has 0 bridgehead atoms. The molecule has 1 rings (SSSR count). The van der Waals surface area contributed by atoms with Gasteiger partial charge in [-0.05, 0) is 12.5 Å². The minimum atomic E-state index is -1.17. The van der Waals surface area contributed by atoms with E-state index in [1.54, 1.807) is 13.0 Å². The zero-order valence-electron chi connectivity index (χ0n) is 10.3. The van der Waals surface area contributed by atoms with Gasteiger partial charge in [-0.1, -0.05) is 12.1 Å². The van der Waals surface area contributed by atoms with Crippen molar-refractivity contribution in [1.29, 1.82) is 0 Å². The fourth-order valence-electron chi connectivity index (χ4n) is 1.64. The molecule has 0 spiro atoms. The lowest BCUT2D eigenvalue weighted by molar-refractivity contribution is -0.142. The van der Waals surface area contributed by atoms with Gasteiger partial charge >= 0.3 is 11.9 Å². The SMILES string of the molecule is Cc1ccc(CN(CC(=O)O)CC(=O)O)c(O)c1O. The first-order valence-corrected chi connectivity index (χ1v) is 5.47. The molecule has 1 aromatic rings. The van der Waals surface area contributed by atoms with E-state index in [1.807, 2.05) is 0 Å². The third kappa shape index (κ3) is 4.14. The molecular weight excluding hydrogens is 254 g/mol. The molecule has 0 aromatic heterocycles. The Morgan fingerprint density at radius 3 is 2.05 bits per heavy atom. The Morgan fingerprint density at radius 1 is 1.05 bits per heavy atom. The third-order valence-electron chi connectivity index (χ3n) is 2.55. The van der Waals surface area contributed by atoms with Gasteiger partial charge in [0.2, 0.25) is 0 Å². The molecular formula is C12H15NO6. The Morgan fingerprint density at radius 2 is 1.58 bits per heavy atom. The van der Waals surface area contributed by atoms with Crippen molar-refractivity contribution in [2.45, 2.75) is 13.5 Å². The minimum absolute atomic E-state index is 0.0850. The van der Waals surface area contributed by atoms with Gasteiger partial charge in [0.1, 0.15) is 0 Å². The number of phenols is 2. The highest BCUT2D eigenvalue weighted by Crippen LogP contribution is 2.32. The van der Waals surface area contributed by atoms with Crippen LogP contribution in [0.15, 0.2) is 12.1 Å². The average Bonchev–Trinajstić information content (AvgIpc) is 2.28. The molecule has 0 aliphatic heterocycles. The van der Waals surface area contributed by atoms with Crippen LogP contribution >= 0.6 is 0 Å². The molecule has 4 N–H and O–H groups in total. The van der Waals surface area contributed by atoms with E-state index < -0.39 is 25.0 Å². The summed E-state index contributed by atoms with van der Waals surface area (Å²) in [5, 5.41) is 36.7. The first kappa shape index (κ1) is 14.8. The highest BCUT2D eigenvalue weighted by molar-refractivity contribution is 5.72. The number of benzene rings is 1. The smallest absolute Gasteiger partial charge is 0.317 e. The molecule has 0 radical (unpaired) electrons. The Labute approximate surface area is 109 Å². The van der Waals surface area contributed by atoms with Gasteiger partial charge in [0.25, 0.3) is 0 Å². The van der Waals surface area contributed by atoms with E-state index in [9.17, 15) is 19.8 Å². The summed E-state index contributed by atoms with van der Waals surface area (Å²) >= 11 is 0. The number of hydrogen-bond acceptors (Lipinski definition) is 5. The summed E-state index contributed by atoms with van der Waals surface area (Å²) in [6.45, 7) is 0.574. The van der Waals surface area contributed by atoms with E-state index in [2.05, 4.69) is 0 Å². The second kappa shape index (κ2) is 6.05. The highest BCUT2D eigenvalue weighted by Gasteiger charge is 2.17. The zero-order chi connectivity index (χ0) is 14.6. The molecule has 0 aliphatic carbocycles. The number of hydrogen-bond donors (Lipinski definition) is 4. The molecule has 7 nitrogen and oxygen atoms in total. The number of carbonyl (C=O) groups is 2. The molecule has 0 heterocycles. The summed E-state index contributed by atoms with van der Waals surface area (Å²) in [6, 6.07) is 3.07. The van der Waals surface area contributed by atoms with Crippen LogP contribution in [0.3, 0.4) is 0 Å². The molecule has 0 saturated heterocycles. The van der Waals surface area contributed by atoms with Crippen molar-refractivity contribution in [3.63, 3.8) is 0 Å². The second-order valence-corrected chi connectivity index (χ2v) is 4.17. The normalized spacial score (nSPS) is 10.6. The highest BCUT2D eigenvalue weighted by atomic mass is 16.4. The molecule has 0 unspecified atom stereocenters. The van der Waals surface area contributed by atoms with Crippen molar-refractivity contribution in [1.82, 2.24) is 4.90 Å². The fraction of sp³-hybridized carbons (Fsp3) is 0.333. The molecule has 104 valence electrons. The fourth-order valence-corrected chi connectivity index (χ4v) is 1.64. The Kier molecular flexibility index (Phi) is 4.71. The van der Waals surface area contributed by atoms with E-state index >= 15 is 0 Å². The number of carboxylic acid groups (broad SMARTS) is 2. The van der Waals surface area contributed by atoms with Gasteiger partial charge < -0.3 is 20.4 Å². The van der Waals surface area contributed by atoms with E-state index in [1.165, 1.54) is 6.07 Å². The first-order valence-electron chi connectivity index (χ1n) is 5.47. The Balaban J connectivity index is 2.92. The molecule has 0 aliphatic rings. The maximum absolute atomic E-state index is 10.6. The van der Waals surface area contributed by atoms with Crippen molar-refractivity contribution in [2.75, 3.05) is 13.1 Å². The van der Waals surface area contributed by atoms with Gasteiger partial charge in [-0.15, -0.1) is 0 Å². The maximum atomic E-state index is 10.6. The second-order valence-electron chi connectivity index (χ2n) is 4.17. The zero-order valence-corrected chi connectivity index (χ0v) is 10.3. The monoisotopic (exact) mass is 269 g/mol. The number of phenolic OH excluding ortho intramolecular Hbond substituents is 2. The van der Waals surface area contributed by atoms with Crippen molar-refractivity contribution in [3.8, 4) is 11.5 Å². The van der Waals surface area contributed by atoms with Crippen molar-refractivity contribution < 1.29 is 30.0 Å². The molecule has 0 saturated carbocycles. The third-order valence-corrected chi connectivity index (χ3v) is 2.55. The van der Waals surface area contributed by atoms with Gasteiger partial charge in [-0.2, -0.15) is 0 Å². The predicted octanol–water partition coefficient (Wildman–Crippen LogP) is 0.377. The summed E-state index contributed by atoms with van der Waals surface area (Å²) in [5.41, 5.74) is 0.745. The van der Waals surface area contributed by atoms with Crippen LogP contribution in [0.25, 0.3) is 0 Å². The van der Waals surface area contributed by atoms with E-state index in [-0.39, 0.29) is 23.6 Å². The van der Waals surface area contributed by atoms with E-state index in [0.717, 1.165) is 4.90 Å². The van der Waals surface area contributed by atoms with Crippen LogP contribution in [0.4, 0.5) is 0 Å². The number of aryl methyl sites for hydroxylation is 1. The predicted molar refractivity (Wildman–Crippen MR) is 65.1 cm³/mol. The topological polar surface area (TPSA) is 118 Å². The van der Waals surface area contributed by atoms with Gasteiger partial charge in [-0.3, -0.25) is 14.5 Å². The minimum Gasteiger partial charge on any atom is -0.504 e. The Hall–Kier alpha value is -2.28. The average molecular weight is 269 g/mol. The summed E-state index contributed by atoms with van der Waals surface area (Å²) in [6.07, 6.45) is 0. The van der Waals surface area contributed by atoms with Gasteiger partial charge in [0.15, 0.2) is 11.5 Å². The van der Waals surface area contributed by atoms with Crippen LogP contribution in [0.5, 0.6) is 11.5 Å².